The number of nitrogens with two attached hydrogens (primary N) is 1. The van der Waals surface area contributed by atoms with Crippen molar-refractivity contribution >= 4 is 23.5 Å². The Kier molecular flexibility index (Phi) is 7.14. The minimum absolute atomic E-state index is 1.04. The Balaban J connectivity index is 4.79. The van der Waals surface area contributed by atoms with E-state index in [2.05, 4.69) is 13.6 Å². The van der Waals surface area contributed by atoms with Crippen molar-refractivity contribution in [1.29, 1.82) is 0 Å². The van der Waals surface area contributed by atoms with Crippen LogP contribution in [0.5, 0.6) is 0 Å². The lowest BCUT2D eigenvalue weighted by atomic mass is 10.1. The van der Waals surface area contributed by atoms with Crippen molar-refractivity contribution in [3.05, 3.63) is 0 Å². The first-order valence-electron chi connectivity index (χ1n) is 4.51. The van der Waals surface area contributed by atoms with Gasteiger partial charge in [0.1, 0.15) is 0 Å². The molecule has 0 saturated carbocycles. The number of hydrogen-bond acceptors (Lipinski definition) is 7. The van der Waals surface area contributed by atoms with Crippen LogP contribution in [-0.4, -0.2) is 54.7 Å². The molecule has 8 N–H and O–H groups in total. The Morgan fingerprint density at radius 3 is 1.05 bits per heavy atom. The SMILES string of the molecule is NC(COP(=O)(O)O)(COP(=O)(O)O)COP(=O)(O)O. The van der Waals surface area contributed by atoms with Crippen molar-refractivity contribution < 1.29 is 56.6 Å². The fourth-order valence-corrected chi connectivity index (χ4v) is 2.04. The van der Waals surface area contributed by atoms with Gasteiger partial charge in [-0.2, -0.15) is 0 Å². The molecule has 0 rings (SSSR count). The maximum atomic E-state index is 10.5. The number of hydrogen-bond donors (Lipinski definition) is 7. The third kappa shape index (κ3) is 12.1. The molecule has 0 spiro atoms. The molecule has 0 aliphatic rings. The van der Waals surface area contributed by atoms with Crippen LogP contribution < -0.4 is 5.73 Å². The molecule has 122 valence electrons. The van der Waals surface area contributed by atoms with Crippen LogP contribution in [0.2, 0.25) is 0 Å². The smallest absolute Gasteiger partial charge is 0.319 e. The standard InChI is InChI=1S/C4H14NO12P3/c5-4(1-15-18(6,7)8,2-16-19(9,10)11)3-17-20(12,13)14/h1-3,5H2,(H2,6,7,8)(H2,9,10,11)(H2,12,13,14). The number of phosphoric ester groups is 3. The molecule has 0 fully saturated rings. The maximum Gasteiger partial charge on any atom is 0.469 e. The Bertz CT molecular complexity index is 381. The van der Waals surface area contributed by atoms with Crippen molar-refractivity contribution in [2.75, 3.05) is 19.8 Å². The lowest BCUT2D eigenvalue weighted by Crippen LogP contribution is -2.52. The molecular weight excluding hydrogens is 347 g/mol. The minimum atomic E-state index is -4.97. The summed E-state index contributed by atoms with van der Waals surface area (Å²) in [7, 11) is -14.9. The second-order valence-electron chi connectivity index (χ2n) is 3.65. The van der Waals surface area contributed by atoms with Gasteiger partial charge in [-0.05, 0) is 0 Å². The molecule has 0 unspecified atom stereocenters. The zero-order valence-corrected chi connectivity index (χ0v) is 12.4. The second kappa shape index (κ2) is 7.03. The number of phosphoric acid groups is 3. The first-order chi connectivity index (χ1) is 8.62. The van der Waals surface area contributed by atoms with Crippen LogP contribution in [0, 0.1) is 0 Å². The van der Waals surface area contributed by atoms with E-state index in [4.69, 9.17) is 35.1 Å². The average molecular weight is 361 g/mol. The van der Waals surface area contributed by atoms with Gasteiger partial charge in [-0.15, -0.1) is 0 Å². The summed E-state index contributed by atoms with van der Waals surface area (Å²) in [5, 5.41) is 0. The van der Waals surface area contributed by atoms with Gasteiger partial charge in [-0.3, -0.25) is 13.6 Å². The van der Waals surface area contributed by atoms with Crippen molar-refractivity contribution in [1.82, 2.24) is 0 Å². The molecule has 0 heterocycles. The Labute approximate surface area is 112 Å². The highest BCUT2D eigenvalue weighted by atomic mass is 31.2. The fourth-order valence-electron chi connectivity index (χ4n) is 0.763. The molecule has 13 nitrogen and oxygen atoms in total. The Morgan fingerprint density at radius 1 is 0.700 bits per heavy atom. The molecule has 0 aliphatic carbocycles. The molecule has 0 bridgehead atoms. The van der Waals surface area contributed by atoms with Gasteiger partial charge in [0.2, 0.25) is 0 Å². The van der Waals surface area contributed by atoms with Crippen molar-refractivity contribution in [3.63, 3.8) is 0 Å². The predicted octanol–water partition coefficient (Wildman–Crippen LogP) is -1.99. The van der Waals surface area contributed by atoms with Crippen LogP contribution in [0.3, 0.4) is 0 Å². The van der Waals surface area contributed by atoms with Gasteiger partial charge in [0.25, 0.3) is 0 Å². The van der Waals surface area contributed by atoms with E-state index < -0.39 is 48.8 Å². The van der Waals surface area contributed by atoms with E-state index >= 15 is 0 Å². The summed E-state index contributed by atoms with van der Waals surface area (Å²) in [6.07, 6.45) is 0. The van der Waals surface area contributed by atoms with E-state index in [1.165, 1.54) is 0 Å². The largest absolute Gasteiger partial charge is 0.469 e. The van der Waals surface area contributed by atoms with Gasteiger partial charge in [-0.1, -0.05) is 0 Å². The van der Waals surface area contributed by atoms with E-state index in [0.29, 0.717) is 0 Å². The molecule has 0 atom stereocenters. The van der Waals surface area contributed by atoms with E-state index in [1.54, 1.807) is 0 Å². The maximum absolute atomic E-state index is 10.5. The van der Waals surface area contributed by atoms with E-state index in [9.17, 15) is 13.7 Å². The number of rotatable bonds is 9. The molecule has 20 heavy (non-hydrogen) atoms. The lowest BCUT2D eigenvalue weighted by molar-refractivity contribution is 0.0578. The van der Waals surface area contributed by atoms with Crippen molar-refractivity contribution in [2.45, 2.75) is 5.54 Å². The Hall–Kier alpha value is 0.290. The molecule has 0 amide bonds. The van der Waals surface area contributed by atoms with Crippen molar-refractivity contribution in [3.8, 4) is 0 Å². The van der Waals surface area contributed by atoms with Crippen LogP contribution in [-0.2, 0) is 27.3 Å². The van der Waals surface area contributed by atoms with Crippen molar-refractivity contribution in [2.24, 2.45) is 5.73 Å². The van der Waals surface area contributed by atoms with E-state index in [0.717, 1.165) is 0 Å². The van der Waals surface area contributed by atoms with Gasteiger partial charge in [0.05, 0.1) is 25.4 Å². The third-order valence-electron chi connectivity index (χ3n) is 1.56. The molecule has 0 saturated heterocycles. The highest BCUT2D eigenvalue weighted by Crippen LogP contribution is 2.41. The van der Waals surface area contributed by atoms with E-state index in [-0.39, 0.29) is 0 Å². The second-order valence-corrected chi connectivity index (χ2v) is 7.37. The third-order valence-corrected chi connectivity index (χ3v) is 2.96. The first kappa shape index (κ1) is 20.3. The molecule has 0 aromatic rings. The minimum Gasteiger partial charge on any atom is -0.319 e. The van der Waals surface area contributed by atoms with Gasteiger partial charge in [0, 0.05) is 0 Å². The highest BCUT2D eigenvalue weighted by Gasteiger charge is 2.35. The van der Waals surface area contributed by atoms with Crippen LogP contribution in [0.4, 0.5) is 0 Å². The summed E-state index contributed by atoms with van der Waals surface area (Å²) in [5.41, 5.74) is 3.29. The summed E-state index contributed by atoms with van der Waals surface area (Å²) in [6, 6.07) is 0. The first-order valence-corrected chi connectivity index (χ1v) is 9.10. The van der Waals surface area contributed by atoms with Gasteiger partial charge < -0.3 is 35.1 Å². The quantitative estimate of drug-likeness (QED) is 0.221. The fraction of sp³-hybridized carbons (Fsp3) is 1.00. The Morgan fingerprint density at radius 2 is 0.900 bits per heavy atom. The molecule has 0 aromatic heterocycles. The summed E-state index contributed by atoms with van der Waals surface area (Å²) in [6.45, 7) is -3.13. The predicted molar refractivity (Wildman–Crippen MR) is 60.9 cm³/mol. The average Bonchev–Trinajstić information content (AvgIpc) is 2.18. The van der Waals surface area contributed by atoms with Crippen LogP contribution >= 0.6 is 23.5 Å². The molecule has 16 heteroatoms. The normalized spacial score (nSPS) is 14.6. The summed E-state index contributed by atoms with van der Waals surface area (Å²) >= 11 is 0. The lowest BCUT2D eigenvalue weighted by Gasteiger charge is -2.28. The summed E-state index contributed by atoms with van der Waals surface area (Å²) < 4.78 is 43.5. The zero-order valence-electron chi connectivity index (χ0n) is 9.67. The monoisotopic (exact) mass is 361 g/mol. The van der Waals surface area contributed by atoms with Crippen LogP contribution in [0.25, 0.3) is 0 Å². The topological polar surface area (TPSA) is 226 Å². The van der Waals surface area contributed by atoms with Crippen LogP contribution in [0.1, 0.15) is 0 Å². The van der Waals surface area contributed by atoms with Gasteiger partial charge in [0.15, 0.2) is 0 Å². The van der Waals surface area contributed by atoms with Gasteiger partial charge in [-0.25, -0.2) is 13.7 Å². The zero-order chi connectivity index (χ0) is 16.2. The van der Waals surface area contributed by atoms with Gasteiger partial charge >= 0.3 is 23.5 Å². The van der Waals surface area contributed by atoms with E-state index in [1.807, 2.05) is 0 Å². The van der Waals surface area contributed by atoms with Crippen LogP contribution in [0.15, 0.2) is 0 Å². The molecule has 0 radical (unpaired) electrons. The summed E-state index contributed by atoms with van der Waals surface area (Å²) in [5.74, 6) is 0. The molecular formula is C4H14NO12P3. The highest BCUT2D eigenvalue weighted by molar-refractivity contribution is 7.46. The summed E-state index contributed by atoms with van der Waals surface area (Å²) in [4.78, 5) is 50.9. The molecule has 0 aromatic carbocycles. The molecule has 0 aliphatic heterocycles.